The molecule has 0 heterocycles. The molecule has 12 heteroatoms. The van der Waals surface area contributed by atoms with Gasteiger partial charge in [0.2, 0.25) is 5.25 Å². The predicted molar refractivity (Wildman–Crippen MR) is 114 cm³/mol. The van der Waals surface area contributed by atoms with Crippen LogP contribution in [0, 0.1) is 0 Å². The van der Waals surface area contributed by atoms with E-state index in [0.717, 1.165) is 25.7 Å². The van der Waals surface area contributed by atoms with E-state index in [0.29, 0.717) is 6.42 Å². The van der Waals surface area contributed by atoms with Crippen LogP contribution in [0.3, 0.4) is 0 Å². The van der Waals surface area contributed by atoms with Gasteiger partial charge in [-0.05, 0) is 6.42 Å². The molecule has 0 saturated heterocycles. The number of rotatable bonds is 20. The number of ether oxygens (including phenoxy) is 1. The van der Waals surface area contributed by atoms with E-state index in [2.05, 4.69) is 6.92 Å². The van der Waals surface area contributed by atoms with Crippen LogP contribution in [0.15, 0.2) is 0 Å². The molecule has 8 nitrogen and oxygen atoms in total. The maximum atomic E-state index is 11.1. The maximum absolute atomic E-state index is 11.1. The minimum absolute atomic E-state index is 0. The number of hydrogen-bond acceptors (Lipinski definition) is 5. The Hall–Kier alpha value is 1.81. The molecule has 0 aromatic rings. The zero-order valence-electron chi connectivity index (χ0n) is 23.6. The summed E-state index contributed by atoms with van der Waals surface area (Å²) in [5.74, 6) is -3.69. The van der Waals surface area contributed by atoms with Crippen molar-refractivity contribution in [3.05, 3.63) is 0 Å². The molecule has 0 fully saturated rings. The second-order valence-corrected chi connectivity index (χ2v) is 9.04. The fraction of sp³-hybridized carbons (Fsp3) is 0.900. The van der Waals surface area contributed by atoms with E-state index in [9.17, 15) is 18.0 Å². The van der Waals surface area contributed by atoms with Gasteiger partial charge in [0.25, 0.3) is 10.1 Å². The normalized spacial score (nSPS) is 12.6. The molecule has 0 aliphatic rings. The Labute approximate surface area is 264 Å². The van der Waals surface area contributed by atoms with Crippen molar-refractivity contribution < 1.29 is 130 Å². The number of carboxylic acids is 2. The molecule has 0 spiro atoms. The Morgan fingerprint density at radius 1 is 0.719 bits per heavy atom. The summed E-state index contributed by atoms with van der Waals surface area (Å²) in [5, 5.41) is 15.3. The van der Waals surface area contributed by atoms with Crippen LogP contribution >= 0.6 is 0 Å². The summed E-state index contributed by atoms with van der Waals surface area (Å²) in [4.78, 5) is 22.1. The molecule has 0 aliphatic heterocycles. The maximum Gasteiger partial charge on any atom is 1.00 e. The average Bonchev–Trinajstić information content (AvgIpc) is 2.62. The number of aliphatic carboxylic acids is 2. The van der Waals surface area contributed by atoms with Crippen molar-refractivity contribution in [2.75, 3.05) is 6.61 Å². The Balaban J connectivity index is -0.000000261. The quantitative estimate of drug-likeness (QED) is 0.0849. The second kappa shape index (κ2) is 25.9. The van der Waals surface area contributed by atoms with Gasteiger partial charge in [-0.1, -0.05) is 90.4 Å². The molecule has 2 atom stereocenters. The van der Waals surface area contributed by atoms with E-state index in [4.69, 9.17) is 19.5 Å². The first kappa shape index (κ1) is 41.0. The monoisotopic (exact) mass is 510 g/mol. The molecular formula is C20H41Na3O8S. The first-order valence-corrected chi connectivity index (χ1v) is 12.3. The van der Waals surface area contributed by atoms with E-state index in [-0.39, 0.29) is 99.6 Å². The van der Waals surface area contributed by atoms with Crippen LogP contribution in [-0.2, 0) is 24.4 Å². The van der Waals surface area contributed by atoms with Crippen molar-refractivity contribution in [3.8, 4) is 0 Å². The topological polar surface area (TPSA) is 138 Å². The molecule has 0 aromatic heterocycles. The van der Waals surface area contributed by atoms with E-state index in [1.54, 1.807) is 0 Å². The molecule has 0 radical (unpaired) electrons. The Morgan fingerprint density at radius 3 is 1.34 bits per heavy atom. The zero-order valence-corrected chi connectivity index (χ0v) is 27.4. The molecule has 0 bridgehead atoms. The number of carbonyl (C=O) groups is 2. The number of unbranched alkanes of at least 4 members (excludes halogenated alkanes) is 13. The molecule has 178 valence electrons. The van der Waals surface area contributed by atoms with Gasteiger partial charge in [-0.25, -0.2) is 4.79 Å². The van der Waals surface area contributed by atoms with Crippen molar-refractivity contribution in [1.29, 1.82) is 0 Å². The summed E-state index contributed by atoms with van der Waals surface area (Å²) in [6.45, 7) is 2.15. The molecule has 3 N–H and O–H groups in total. The van der Waals surface area contributed by atoms with Crippen molar-refractivity contribution in [1.82, 2.24) is 0 Å². The van der Waals surface area contributed by atoms with Gasteiger partial charge in [0, 0.05) is 6.61 Å². The van der Waals surface area contributed by atoms with Crippen LogP contribution in [0.4, 0.5) is 0 Å². The van der Waals surface area contributed by atoms with Crippen LogP contribution in [0.1, 0.15) is 101 Å². The van der Waals surface area contributed by atoms with Crippen LogP contribution in [0.25, 0.3) is 0 Å². The molecule has 0 rings (SSSR count). The van der Waals surface area contributed by atoms with Crippen LogP contribution in [0.2, 0.25) is 0 Å². The van der Waals surface area contributed by atoms with Crippen LogP contribution < -0.4 is 88.7 Å². The minimum Gasteiger partial charge on any atom is -1.00 e. The van der Waals surface area contributed by atoms with Gasteiger partial charge in [-0.2, -0.15) is 8.42 Å². The molecule has 2 unspecified atom stereocenters. The molecule has 0 aliphatic carbocycles. The van der Waals surface area contributed by atoms with Crippen LogP contribution in [0.5, 0.6) is 0 Å². The smallest absolute Gasteiger partial charge is 1.00 e. The van der Waals surface area contributed by atoms with Crippen molar-refractivity contribution in [2.24, 2.45) is 0 Å². The largest absolute Gasteiger partial charge is 1.00 e. The van der Waals surface area contributed by atoms with Crippen molar-refractivity contribution >= 4 is 22.1 Å². The summed E-state index contributed by atoms with van der Waals surface area (Å²) >= 11 is 0. The van der Waals surface area contributed by atoms with Gasteiger partial charge in [0.15, 0.2) is 6.10 Å². The van der Waals surface area contributed by atoms with E-state index in [1.807, 2.05) is 0 Å². The van der Waals surface area contributed by atoms with Crippen molar-refractivity contribution in [2.45, 2.75) is 108 Å². The first-order valence-electron chi connectivity index (χ1n) is 10.7. The first-order chi connectivity index (χ1) is 13.7. The summed E-state index contributed by atoms with van der Waals surface area (Å²) < 4.78 is 36.1. The minimum atomic E-state index is -5.08. The third kappa shape index (κ3) is 22.3. The SMILES string of the molecule is CCCCCCCCCCCCCCCCOC(C(=O)O)C(C(=O)O)S(=O)(=O)O.[H-].[H-].[H-].[Na+].[Na+].[Na+]. The summed E-state index contributed by atoms with van der Waals surface area (Å²) in [6.07, 6.45) is 14.0. The fourth-order valence-electron chi connectivity index (χ4n) is 3.21. The molecule has 32 heavy (non-hydrogen) atoms. The summed E-state index contributed by atoms with van der Waals surface area (Å²) in [7, 11) is -5.08. The third-order valence-electron chi connectivity index (χ3n) is 4.88. The molecular weight excluding hydrogens is 469 g/mol. The molecule has 0 aromatic carbocycles. The van der Waals surface area contributed by atoms with Gasteiger partial charge in [0.05, 0.1) is 0 Å². The van der Waals surface area contributed by atoms with Crippen molar-refractivity contribution in [3.63, 3.8) is 0 Å². The van der Waals surface area contributed by atoms with Gasteiger partial charge < -0.3 is 19.2 Å². The summed E-state index contributed by atoms with van der Waals surface area (Å²) in [5.41, 5.74) is 0. The van der Waals surface area contributed by atoms with E-state index < -0.39 is 33.4 Å². The molecule has 0 saturated carbocycles. The van der Waals surface area contributed by atoms with E-state index >= 15 is 0 Å². The van der Waals surface area contributed by atoms with Gasteiger partial charge in [-0.3, -0.25) is 9.35 Å². The number of hydrogen-bond donors (Lipinski definition) is 3. The zero-order chi connectivity index (χ0) is 22.1. The second-order valence-electron chi connectivity index (χ2n) is 7.50. The standard InChI is InChI=1S/C20H38O8S.3Na.3H/c1-2-3-4-5-6-7-8-9-10-11-12-13-14-15-16-28-17(19(21)22)18(20(23)24)29(25,26)27;;;;;;/h17-18H,2-16H2,1H3,(H,21,22)(H,23,24)(H,25,26,27);;;;;;/q;3*+1;3*-1. The fourth-order valence-corrected chi connectivity index (χ4v) is 3.97. The van der Waals surface area contributed by atoms with Crippen LogP contribution in [-0.4, -0.2) is 53.1 Å². The van der Waals surface area contributed by atoms with E-state index in [1.165, 1.54) is 57.8 Å². The number of carboxylic acid groups (broad SMARTS) is 2. The van der Waals surface area contributed by atoms with Gasteiger partial charge in [0.1, 0.15) is 0 Å². The average molecular weight is 511 g/mol. The predicted octanol–water partition coefficient (Wildman–Crippen LogP) is -4.37. The Kier molecular flexibility index (Phi) is 33.1. The summed E-state index contributed by atoms with van der Waals surface area (Å²) in [6, 6.07) is 0. The molecule has 0 amide bonds. The van der Waals surface area contributed by atoms with Gasteiger partial charge >= 0.3 is 101 Å². The van der Waals surface area contributed by atoms with Gasteiger partial charge in [-0.15, -0.1) is 0 Å². The Morgan fingerprint density at radius 2 is 1.06 bits per heavy atom. The third-order valence-corrected chi connectivity index (χ3v) is 5.97. The Bertz CT molecular complexity index is 576.